The lowest BCUT2D eigenvalue weighted by atomic mass is 10.2. The average Bonchev–Trinajstić information content (AvgIpc) is 2.74. The molecule has 3 aromatic carbocycles. The number of hydrogen-bond acceptors (Lipinski definition) is 4. The minimum absolute atomic E-state index is 0.366. The van der Waals surface area contributed by atoms with Crippen LogP contribution in [0.15, 0.2) is 71.8 Å². The molecular weight excluding hydrogens is 515 g/mol. The molecule has 7 heteroatoms. The van der Waals surface area contributed by atoms with Gasteiger partial charge in [0.2, 0.25) is 0 Å². The standard InChI is InChI=1S/C23H20ClIN2O3/c1-2-29-21-13-17(14-26-27-23(28)18-10-6-7-11-19(18)24)12-20(25)22(21)30-15-16-8-4-3-5-9-16/h3-14H,2,15H2,1H3,(H,27,28)/b26-14-. The minimum atomic E-state index is -0.376. The molecule has 0 aliphatic rings. The number of amides is 1. The molecule has 0 unspecified atom stereocenters. The molecule has 1 amide bonds. The number of ether oxygens (including phenoxy) is 2. The highest BCUT2D eigenvalue weighted by Gasteiger charge is 2.13. The van der Waals surface area contributed by atoms with Crippen LogP contribution in [-0.4, -0.2) is 18.7 Å². The molecule has 0 aliphatic carbocycles. The van der Waals surface area contributed by atoms with Crippen molar-refractivity contribution in [3.05, 3.63) is 92.0 Å². The van der Waals surface area contributed by atoms with Crippen LogP contribution in [0.4, 0.5) is 0 Å². The SMILES string of the molecule is CCOc1cc(/C=N\NC(=O)c2ccccc2Cl)cc(I)c1OCc1ccccc1. The molecule has 1 N–H and O–H groups in total. The first-order chi connectivity index (χ1) is 14.6. The first-order valence-corrected chi connectivity index (χ1v) is 10.7. The summed E-state index contributed by atoms with van der Waals surface area (Å²) in [5, 5.41) is 4.42. The smallest absolute Gasteiger partial charge is 0.272 e. The number of carbonyl (C=O) groups is 1. The molecule has 154 valence electrons. The van der Waals surface area contributed by atoms with E-state index in [2.05, 4.69) is 33.1 Å². The van der Waals surface area contributed by atoms with Crippen molar-refractivity contribution >= 4 is 46.3 Å². The molecule has 3 aromatic rings. The van der Waals surface area contributed by atoms with E-state index in [4.69, 9.17) is 21.1 Å². The summed E-state index contributed by atoms with van der Waals surface area (Å²) in [6, 6.07) is 20.5. The van der Waals surface area contributed by atoms with Gasteiger partial charge in [0, 0.05) is 0 Å². The van der Waals surface area contributed by atoms with E-state index in [1.54, 1.807) is 30.5 Å². The first kappa shape index (κ1) is 22.1. The Hall–Kier alpha value is -2.58. The van der Waals surface area contributed by atoms with E-state index in [1.807, 2.05) is 49.4 Å². The summed E-state index contributed by atoms with van der Waals surface area (Å²) in [4.78, 5) is 12.2. The summed E-state index contributed by atoms with van der Waals surface area (Å²) in [5.74, 6) is 0.928. The highest BCUT2D eigenvalue weighted by atomic mass is 127. The van der Waals surface area contributed by atoms with Gasteiger partial charge in [0.15, 0.2) is 11.5 Å². The average molecular weight is 535 g/mol. The topological polar surface area (TPSA) is 59.9 Å². The molecule has 0 heterocycles. The zero-order valence-corrected chi connectivity index (χ0v) is 19.2. The van der Waals surface area contributed by atoms with Gasteiger partial charge >= 0.3 is 0 Å². The zero-order chi connectivity index (χ0) is 21.3. The number of carbonyl (C=O) groups excluding carboxylic acids is 1. The number of nitrogens with zero attached hydrogens (tertiary/aromatic N) is 1. The second-order valence-electron chi connectivity index (χ2n) is 6.22. The summed E-state index contributed by atoms with van der Waals surface area (Å²) >= 11 is 8.24. The molecule has 0 bridgehead atoms. The van der Waals surface area contributed by atoms with E-state index >= 15 is 0 Å². The lowest BCUT2D eigenvalue weighted by Crippen LogP contribution is -2.18. The Morgan fingerprint density at radius 1 is 1.10 bits per heavy atom. The van der Waals surface area contributed by atoms with Crippen molar-refractivity contribution in [2.24, 2.45) is 5.10 Å². The Morgan fingerprint density at radius 2 is 1.83 bits per heavy atom. The molecule has 0 saturated heterocycles. The van der Waals surface area contributed by atoms with Crippen LogP contribution in [0.1, 0.15) is 28.4 Å². The van der Waals surface area contributed by atoms with Crippen molar-refractivity contribution in [1.82, 2.24) is 5.43 Å². The van der Waals surface area contributed by atoms with Crippen LogP contribution in [0.25, 0.3) is 0 Å². The van der Waals surface area contributed by atoms with Gasteiger partial charge < -0.3 is 9.47 Å². The quantitative estimate of drug-likeness (QED) is 0.230. The second kappa shape index (κ2) is 11.0. The molecule has 0 saturated carbocycles. The summed E-state index contributed by atoms with van der Waals surface area (Å²) in [6.45, 7) is 2.86. The molecule has 0 atom stereocenters. The molecule has 3 rings (SSSR count). The molecule has 0 aromatic heterocycles. The van der Waals surface area contributed by atoms with Gasteiger partial charge in [0.1, 0.15) is 6.61 Å². The second-order valence-corrected chi connectivity index (χ2v) is 7.79. The van der Waals surface area contributed by atoms with Crippen LogP contribution in [0.3, 0.4) is 0 Å². The van der Waals surface area contributed by atoms with Crippen LogP contribution in [0, 0.1) is 3.57 Å². The summed E-state index contributed by atoms with van der Waals surface area (Å²) in [7, 11) is 0. The summed E-state index contributed by atoms with van der Waals surface area (Å²) < 4.78 is 12.7. The predicted octanol–water partition coefficient (Wildman–Crippen LogP) is 5.69. The van der Waals surface area contributed by atoms with Crippen LogP contribution >= 0.6 is 34.2 Å². The van der Waals surface area contributed by atoms with Gasteiger partial charge in [-0.3, -0.25) is 4.79 Å². The summed E-state index contributed by atoms with van der Waals surface area (Å²) in [5.41, 5.74) is 4.70. The monoisotopic (exact) mass is 534 g/mol. The van der Waals surface area contributed by atoms with Gasteiger partial charge in [-0.25, -0.2) is 5.43 Å². The normalized spacial score (nSPS) is 10.8. The number of hydrazone groups is 1. The third kappa shape index (κ3) is 5.96. The third-order valence-corrected chi connectivity index (χ3v) is 5.19. The molecule has 0 radical (unpaired) electrons. The number of nitrogens with one attached hydrogen (secondary N) is 1. The fourth-order valence-electron chi connectivity index (χ4n) is 2.67. The largest absolute Gasteiger partial charge is 0.490 e. The van der Waals surface area contributed by atoms with Crippen LogP contribution in [0.2, 0.25) is 5.02 Å². The van der Waals surface area contributed by atoms with Gasteiger partial charge in [-0.1, -0.05) is 54.1 Å². The van der Waals surface area contributed by atoms with Gasteiger partial charge in [-0.15, -0.1) is 0 Å². The van der Waals surface area contributed by atoms with E-state index in [0.29, 0.717) is 35.3 Å². The molecular formula is C23H20ClIN2O3. The highest BCUT2D eigenvalue weighted by molar-refractivity contribution is 14.1. The van der Waals surface area contributed by atoms with E-state index in [9.17, 15) is 4.79 Å². The van der Waals surface area contributed by atoms with Crippen molar-refractivity contribution in [2.75, 3.05) is 6.61 Å². The van der Waals surface area contributed by atoms with Crippen molar-refractivity contribution in [2.45, 2.75) is 13.5 Å². The predicted molar refractivity (Wildman–Crippen MR) is 128 cm³/mol. The highest BCUT2D eigenvalue weighted by Crippen LogP contribution is 2.34. The van der Waals surface area contributed by atoms with Crippen LogP contribution in [-0.2, 0) is 6.61 Å². The lowest BCUT2D eigenvalue weighted by Gasteiger charge is -2.14. The molecule has 0 fully saturated rings. The van der Waals surface area contributed by atoms with Crippen molar-refractivity contribution in [3.63, 3.8) is 0 Å². The maximum Gasteiger partial charge on any atom is 0.272 e. The Morgan fingerprint density at radius 3 is 2.57 bits per heavy atom. The first-order valence-electron chi connectivity index (χ1n) is 9.29. The van der Waals surface area contributed by atoms with Gasteiger partial charge in [-0.2, -0.15) is 5.10 Å². The Labute approximate surface area is 194 Å². The molecule has 0 aliphatic heterocycles. The van der Waals surface area contributed by atoms with Crippen LogP contribution in [0.5, 0.6) is 11.5 Å². The van der Waals surface area contributed by atoms with E-state index in [-0.39, 0.29) is 5.91 Å². The summed E-state index contributed by atoms with van der Waals surface area (Å²) in [6.07, 6.45) is 1.56. The zero-order valence-electron chi connectivity index (χ0n) is 16.3. The van der Waals surface area contributed by atoms with E-state index < -0.39 is 0 Å². The molecule has 5 nitrogen and oxygen atoms in total. The Bertz CT molecular complexity index is 1040. The van der Waals surface area contributed by atoms with Gasteiger partial charge in [0.25, 0.3) is 5.91 Å². The third-order valence-electron chi connectivity index (χ3n) is 4.06. The maximum absolute atomic E-state index is 12.2. The van der Waals surface area contributed by atoms with Crippen molar-refractivity contribution in [1.29, 1.82) is 0 Å². The van der Waals surface area contributed by atoms with E-state index in [0.717, 1.165) is 14.7 Å². The number of halogens is 2. The van der Waals surface area contributed by atoms with Crippen molar-refractivity contribution < 1.29 is 14.3 Å². The number of hydrogen-bond donors (Lipinski definition) is 1. The lowest BCUT2D eigenvalue weighted by molar-refractivity contribution is 0.0955. The van der Waals surface area contributed by atoms with Crippen molar-refractivity contribution in [3.8, 4) is 11.5 Å². The Balaban J connectivity index is 1.73. The minimum Gasteiger partial charge on any atom is -0.490 e. The molecule has 30 heavy (non-hydrogen) atoms. The van der Waals surface area contributed by atoms with E-state index in [1.165, 1.54) is 0 Å². The number of rotatable bonds is 8. The van der Waals surface area contributed by atoms with Crippen LogP contribution < -0.4 is 14.9 Å². The Kier molecular flexibility index (Phi) is 8.10. The van der Waals surface area contributed by atoms with Gasteiger partial charge in [0.05, 0.1) is 27.0 Å². The number of benzene rings is 3. The fraction of sp³-hybridized carbons (Fsp3) is 0.130. The molecule has 0 spiro atoms. The maximum atomic E-state index is 12.2. The van der Waals surface area contributed by atoms with Gasteiger partial charge in [-0.05, 0) is 64.9 Å². The fourth-order valence-corrected chi connectivity index (χ4v) is 3.67.